The van der Waals surface area contributed by atoms with E-state index in [4.69, 9.17) is 4.74 Å². The first-order chi connectivity index (χ1) is 17.8. The van der Waals surface area contributed by atoms with Crippen LogP contribution in [0.2, 0.25) is 0 Å². The number of hydrogen-bond acceptors (Lipinski definition) is 2. The molecule has 2 aliphatic carbocycles. The molecule has 1 aliphatic heterocycles. The lowest BCUT2D eigenvalue weighted by Gasteiger charge is -2.30. The van der Waals surface area contributed by atoms with Gasteiger partial charge in [-0.15, -0.1) is 13.2 Å². The number of ether oxygens (including phenoxy) is 1. The zero-order chi connectivity index (χ0) is 26.9. The Bertz CT molecular complexity index is 906. The summed E-state index contributed by atoms with van der Waals surface area (Å²) >= 11 is 0. The van der Waals surface area contributed by atoms with Crippen molar-refractivity contribution in [2.45, 2.75) is 104 Å². The maximum atomic E-state index is 12.4. The third kappa shape index (κ3) is 7.45. The molecule has 3 aliphatic rings. The molecule has 3 nitrogen and oxygen atoms in total. The van der Waals surface area contributed by atoms with E-state index in [2.05, 4.69) is 57.9 Å². The normalized spacial score (nSPS) is 32.4. The molecule has 7 atom stereocenters. The quantitative estimate of drug-likeness (QED) is 0.115. The van der Waals surface area contributed by atoms with Gasteiger partial charge in [0.25, 0.3) is 0 Å². The summed E-state index contributed by atoms with van der Waals surface area (Å²) in [6.45, 7) is 18.8. The highest BCUT2D eigenvalue weighted by Crippen LogP contribution is 2.40. The van der Waals surface area contributed by atoms with Crippen LogP contribution in [-0.2, 0) is 9.53 Å². The summed E-state index contributed by atoms with van der Waals surface area (Å²) in [5.74, 6) is 2.16. The van der Waals surface area contributed by atoms with Gasteiger partial charge in [-0.05, 0) is 88.0 Å². The predicted octanol–water partition coefficient (Wildman–Crippen LogP) is 8.70. The van der Waals surface area contributed by atoms with E-state index in [0.29, 0.717) is 23.5 Å². The zero-order valence-corrected chi connectivity index (χ0v) is 23.7. The minimum Gasteiger partial charge on any atom is -0.462 e. The van der Waals surface area contributed by atoms with Gasteiger partial charge in [-0.25, -0.2) is 0 Å². The van der Waals surface area contributed by atoms with Gasteiger partial charge in [-0.2, -0.15) is 0 Å². The van der Waals surface area contributed by atoms with Crippen LogP contribution < -0.4 is 0 Å². The van der Waals surface area contributed by atoms with E-state index in [9.17, 15) is 9.59 Å². The van der Waals surface area contributed by atoms with Gasteiger partial charge < -0.3 is 4.74 Å². The minimum atomic E-state index is -0.0313. The Labute approximate surface area is 226 Å². The molecule has 3 heteroatoms. The second-order valence-electron chi connectivity index (χ2n) is 11.9. The monoisotopic (exact) mass is 507 g/mol. The molecule has 0 spiro atoms. The van der Waals surface area contributed by atoms with Gasteiger partial charge in [0.05, 0.1) is 17.4 Å². The van der Waals surface area contributed by atoms with E-state index < -0.39 is 0 Å². The van der Waals surface area contributed by atoms with Gasteiger partial charge in [0.2, 0.25) is 0 Å². The van der Waals surface area contributed by atoms with Crippen LogP contribution in [0.3, 0.4) is 0 Å². The lowest BCUT2D eigenvalue weighted by molar-refractivity contribution is -0.144. The minimum absolute atomic E-state index is 0.00350. The van der Waals surface area contributed by atoms with Gasteiger partial charge in [0, 0.05) is 5.92 Å². The van der Waals surface area contributed by atoms with Crippen molar-refractivity contribution < 1.29 is 14.3 Å². The molecule has 2 saturated carbocycles. The number of ketones is 1. The fraction of sp³-hybridized carbons (Fsp3) is 0.647. The van der Waals surface area contributed by atoms with E-state index in [0.717, 1.165) is 63.4 Å². The average molecular weight is 508 g/mol. The molecule has 204 valence electrons. The molecule has 2 unspecified atom stereocenters. The number of rotatable bonds is 12. The van der Waals surface area contributed by atoms with E-state index in [1.165, 1.54) is 24.8 Å². The van der Waals surface area contributed by atoms with Crippen LogP contribution in [0.4, 0.5) is 0 Å². The van der Waals surface area contributed by atoms with E-state index in [-0.39, 0.29) is 29.8 Å². The van der Waals surface area contributed by atoms with E-state index in [1.54, 1.807) is 5.57 Å². The number of carbonyl (C=O) groups is 1. The molecule has 1 heterocycles. The van der Waals surface area contributed by atoms with E-state index in [1.807, 2.05) is 6.92 Å². The molecule has 3 rings (SSSR count). The molecule has 1 saturated heterocycles. The number of allylic oxidation sites excluding steroid dienone is 7. The summed E-state index contributed by atoms with van der Waals surface area (Å²) < 4.78 is 5.87. The summed E-state index contributed by atoms with van der Waals surface area (Å²) in [7, 11) is 0. The Morgan fingerprint density at radius 1 is 1.05 bits per heavy atom. The average Bonchev–Trinajstić information content (AvgIpc) is 3.17. The molecular formula is C34H51O3+. The maximum Gasteiger partial charge on any atom is 0.326 e. The van der Waals surface area contributed by atoms with Crippen LogP contribution in [0.25, 0.3) is 0 Å². The topological polar surface area (TPSA) is 47.7 Å². The highest BCUT2D eigenvalue weighted by atomic mass is 16.6. The fourth-order valence-corrected chi connectivity index (χ4v) is 6.73. The zero-order valence-electron chi connectivity index (χ0n) is 23.7. The van der Waals surface area contributed by atoms with Gasteiger partial charge in [-0.1, -0.05) is 69.6 Å². The number of unbranched alkanes of at least 4 members (excludes halogenated alkanes) is 1. The fourth-order valence-electron chi connectivity index (χ4n) is 6.73. The van der Waals surface area contributed by atoms with Crippen LogP contribution in [0.1, 0.15) is 97.8 Å². The predicted molar refractivity (Wildman–Crippen MR) is 156 cm³/mol. The van der Waals surface area contributed by atoms with Crippen LogP contribution in [0.5, 0.6) is 0 Å². The Morgan fingerprint density at radius 2 is 1.81 bits per heavy atom. The van der Waals surface area contributed by atoms with Crippen molar-refractivity contribution in [2.24, 2.45) is 35.5 Å². The summed E-state index contributed by atoms with van der Waals surface area (Å²) in [4.78, 5) is 22.7. The SMILES string of the molecule is C=C[C@H](CCC1CCCC/C1=C\C=C1\CC[C@H](C)C(=[OH+])C1=C)[C@H](C=C)C[C@@H]1OC(=O)C(C)[C@@H]1CCCC. The second kappa shape index (κ2) is 14.1. The molecule has 0 bridgehead atoms. The van der Waals surface area contributed by atoms with Crippen molar-refractivity contribution >= 4 is 11.8 Å². The molecule has 37 heavy (non-hydrogen) atoms. The third-order valence-electron chi connectivity index (χ3n) is 9.46. The van der Waals surface area contributed by atoms with Crippen molar-refractivity contribution in [3.63, 3.8) is 0 Å². The lowest BCUT2D eigenvalue weighted by atomic mass is 9.75. The third-order valence-corrected chi connectivity index (χ3v) is 9.46. The Morgan fingerprint density at radius 3 is 2.51 bits per heavy atom. The van der Waals surface area contributed by atoms with Crippen molar-refractivity contribution in [1.29, 1.82) is 0 Å². The first kappa shape index (κ1) is 29.4. The second-order valence-corrected chi connectivity index (χ2v) is 11.9. The molecule has 0 radical (unpaired) electrons. The Kier molecular flexibility index (Phi) is 11.2. The van der Waals surface area contributed by atoms with Gasteiger partial charge in [-0.3, -0.25) is 9.59 Å². The Balaban J connectivity index is 1.64. The molecule has 0 aromatic heterocycles. The van der Waals surface area contributed by atoms with Crippen molar-refractivity contribution in [2.75, 3.05) is 0 Å². The standard InChI is InChI=1S/C34H50O3/c1-7-10-15-31-25(6)34(36)37-32(31)22-27(9-3)26(8-2)18-20-29-13-11-12-14-30(29)21-19-28-17-16-23(4)33(35)24(28)5/h8-9,19,21,23,25-27,29,31-32H,2-3,5,7,10-18,20,22H2,1,4,6H3/p+1/b28-19-,30-21+/t23-,25?,26+,27+,29?,31-,32-/m0/s1. The van der Waals surface area contributed by atoms with Gasteiger partial charge in [0.1, 0.15) is 6.10 Å². The Hall–Kier alpha value is -2.16. The molecule has 1 N–H and O–H groups in total. The van der Waals surface area contributed by atoms with Crippen LogP contribution in [0, 0.1) is 35.5 Å². The molecule has 0 aromatic carbocycles. The largest absolute Gasteiger partial charge is 0.462 e. The molecule has 0 aromatic rings. The van der Waals surface area contributed by atoms with Crippen LogP contribution in [-0.4, -0.2) is 22.7 Å². The number of esters is 1. The van der Waals surface area contributed by atoms with Gasteiger partial charge in [0.15, 0.2) is 0 Å². The molecular weight excluding hydrogens is 456 g/mol. The molecule has 3 fully saturated rings. The number of hydrogen-bond donors (Lipinski definition) is 0. The van der Waals surface area contributed by atoms with Crippen molar-refractivity contribution in [3.05, 3.63) is 60.8 Å². The van der Waals surface area contributed by atoms with Crippen molar-refractivity contribution in [3.8, 4) is 0 Å². The highest BCUT2D eigenvalue weighted by Gasteiger charge is 2.42. The van der Waals surface area contributed by atoms with E-state index >= 15 is 0 Å². The van der Waals surface area contributed by atoms with Crippen molar-refractivity contribution in [1.82, 2.24) is 0 Å². The summed E-state index contributed by atoms with van der Waals surface area (Å²) in [6.07, 6.45) is 22.1. The number of cyclic esters (lactones) is 1. The number of carbonyl (C=O) groups excluding carboxylic acids is 2. The maximum absolute atomic E-state index is 12.4. The molecule has 0 amide bonds. The smallest absolute Gasteiger partial charge is 0.326 e. The van der Waals surface area contributed by atoms with Crippen LogP contribution in [0.15, 0.2) is 60.8 Å². The van der Waals surface area contributed by atoms with Crippen LogP contribution >= 0.6 is 0 Å². The first-order valence-electron chi connectivity index (χ1n) is 14.9. The highest BCUT2D eigenvalue weighted by molar-refractivity contribution is 6.02. The summed E-state index contributed by atoms with van der Waals surface area (Å²) in [5, 5.41) is 0. The summed E-state index contributed by atoms with van der Waals surface area (Å²) in [5.41, 5.74) is 3.55. The van der Waals surface area contributed by atoms with Gasteiger partial charge >= 0.3 is 11.8 Å². The lowest BCUT2D eigenvalue weighted by Crippen LogP contribution is -2.25. The first-order valence-corrected chi connectivity index (χ1v) is 14.9. The summed E-state index contributed by atoms with van der Waals surface area (Å²) in [6, 6.07) is 0.